The molecule has 0 heterocycles. The van der Waals surface area contributed by atoms with Crippen LogP contribution in [0.5, 0.6) is 5.75 Å². The number of hydrogen-bond acceptors (Lipinski definition) is 3. The first kappa shape index (κ1) is 19.4. The summed E-state index contributed by atoms with van der Waals surface area (Å²) in [5, 5.41) is 13.1. The Morgan fingerprint density at radius 1 is 1.30 bits per heavy atom. The normalized spacial score (nSPS) is 15.9. The van der Waals surface area contributed by atoms with E-state index >= 15 is 0 Å². The predicted octanol–water partition coefficient (Wildman–Crippen LogP) is 3.65. The van der Waals surface area contributed by atoms with Crippen LogP contribution in [0.1, 0.15) is 52.6 Å². The monoisotopic (exact) mass is 329 g/mol. The van der Waals surface area contributed by atoms with Crippen LogP contribution in [0.3, 0.4) is 0 Å². The Morgan fingerprint density at radius 2 is 1.91 bits per heavy atom. The summed E-state index contributed by atoms with van der Waals surface area (Å²) in [6.07, 6.45) is -0.0476. The summed E-state index contributed by atoms with van der Waals surface area (Å²) in [7, 11) is 0. The van der Waals surface area contributed by atoms with E-state index in [1.54, 1.807) is 26.0 Å². The van der Waals surface area contributed by atoms with Crippen molar-refractivity contribution < 1.29 is 23.4 Å². The van der Waals surface area contributed by atoms with Crippen LogP contribution >= 0.6 is 0 Å². The molecule has 0 aromatic heterocycles. The maximum Gasteiger partial charge on any atom is 0.387 e. The van der Waals surface area contributed by atoms with Gasteiger partial charge in [-0.3, -0.25) is 4.79 Å². The summed E-state index contributed by atoms with van der Waals surface area (Å²) in [6, 6.07) is 5.79. The van der Waals surface area contributed by atoms with E-state index in [-0.39, 0.29) is 24.1 Å². The van der Waals surface area contributed by atoms with Gasteiger partial charge >= 0.3 is 6.61 Å². The van der Waals surface area contributed by atoms with Crippen molar-refractivity contribution >= 4 is 5.91 Å². The van der Waals surface area contributed by atoms with E-state index in [1.807, 2.05) is 20.8 Å². The molecule has 130 valence electrons. The molecule has 1 amide bonds. The molecule has 1 rings (SSSR count). The lowest BCUT2D eigenvalue weighted by molar-refractivity contribution is -0.131. The van der Waals surface area contributed by atoms with Gasteiger partial charge in [-0.05, 0) is 37.0 Å². The van der Waals surface area contributed by atoms with E-state index in [2.05, 4.69) is 10.1 Å². The van der Waals surface area contributed by atoms with Crippen LogP contribution in [-0.4, -0.2) is 23.2 Å². The average Bonchev–Trinajstić information content (AvgIpc) is 2.35. The SMILES string of the molecule is C[C@H](NC(=O)CC(C)(O)C(C)(C)C)c1cccc(OC(F)F)c1. The number of aliphatic hydroxyl groups is 1. The molecule has 1 aromatic carbocycles. The largest absolute Gasteiger partial charge is 0.435 e. The third-order valence-electron chi connectivity index (χ3n) is 4.08. The number of benzene rings is 1. The van der Waals surface area contributed by atoms with E-state index in [9.17, 15) is 18.7 Å². The number of ether oxygens (including phenoxy) is 1. The zero-order valence-electron chi connectivity index (χ0n) is 14.2. The third-order valence-corrected chi connectivity index (χ3v) is 4.08. The molecular weight excluding hydrogens is 304 g/mol. The molecule has 0 fully saturated rings. The summed E-state index contributed by atoms with van der Waals surface area (Å²) < 4.78 is 28.8. The maximum absolute atomic E-state index is 12.2. The molecular formula is C17H25F2NO3. The maximum atomic E-state index is 12.2. The fourth-order valence-corrected chi connectivity index (χ4v) is 1.91. The van der Waals surface area contributed by atoms with Gasteiger partial charge in [0.05, 0.1) is 18.1 Å². The molecule has 0 radical (unpaired) electrons. The van der Waals surface area contributed by atoms with Crippen molar-refractivity contribution in [2.45, 2.75) is 59.3 Å². The van der Waals surface area contributed by atoms with Crippen molar-refractivity contribution in [3.8, 4) is 5.75 Å². The minimum absolute atomic E-state index is 0.0419. The van der Waals surface area contributed by atoms with Crippen LogP contribution in [-0.2, 0) is 4.79 Å². The van der Waals surface area contributed by atoms with Crippen LogP contribution in [0.15, 0.2) is 24.3 Å². The number of amides is 1. The first-order valence-electron chi connectivity index (χ1n) is 7.49. The molecule has 1 aromatic rings. The first-order chi connectivity index (χ1) is 10.4. The Morgan fingerprint density at radius 3 is 2.43 bits per heavy atom. The molecule has 0 bridgehead atoms. The highest BCUT2D eigenvalue weighted by molar-refractivity contribution is 5.77. The number of carbonyl (C=O) groups excluding carboxylic acids is 1. The molecule has 0 saturated heterocycles. The number of hydrogen-bond donors (Lipinski definition) is 2. The van der Waals surface area contributed by atoms with E-state index in [1.165, 1.54) is 12.1 Å². The van der Waals surface area contributed by atoms with Crippen LogP contribution in [0.4, 0.5) is 8.78 Å². The van der Waals surface area contributed by atoms with E-state index in [4.69, 9.17) is 0 Å². The Balaban J connectivity index is 2.72. The zero-order valence-corrected chi connectivity index (χ0v) is 14.2. The zero-order chi connectivity index (χ0) is 17.8. The highest BCUT2D eigenvalue weighted by Gasteiger charge is 2.37. The number of halogens is 2. The number of alkyl halides is 2. The van der Waals surface area contributed by atoms with Gasteiger partial charge in [-0.25, -0.2) is 0 Å². The summed E-state index contributed by atoms with van der Waals surface area (Å²) in [4.78, 5) is 12.1. The standard InChI is InChI=1S/C17H25F2NO3/c1-11(12-7-6-8-13(9-12)23-15(18)19)20-14(21)10-17(5,22)16(2,3)4/h6-9,11,15,22H,10H2,1-5H3,(H,20,21)/t11-,17?/m0/s1. The molecule has 23 heavy (non-hydrogen) atoms. The summed E-state index contributed by atoms with van der Waals surface area (Å²) in [6.45, 7) is 6.04. The number of carbonyl (C=O) groups is 1. The van der Waals surface area contributed by atoms with Gasteiger partial charge in [0.2, 0.25) is 5.91 Å². The van der Waals surface area contributed by atoms with Crippen molar-refractivity contribution in [2.75, 3.05) is 0 Å². The Hall–Kier alpha value is -1.69. The average molecular weight is 329 g/mol. The second kappa shape index (κ2) is 7.25. The van der Waals surface area contributed by atoms with Gasteiger partial charge < -0.3 is 15.2 Å². The number of rotatable bonds is 6. The van der Waals surface area contributed by atoms with Crippen LogP contribution in [0.2, 0.25) is 0 Å². The van der Waals surface area contributed by atoms with E-state index < -0.39 is 17.6 Å². The Bertz CT molecular complexity index is 539. The topological polar surface area (TPSA) is 58.6 Å². The van der Waals surface area contributed by atoms with Crippen molar-refractivity contribution in [1.82, 2.24) is 5.32 Å². The smallest absolute Gasteiger partial charge is 0.387 e. The van der Waals surface area contributed by atoms with Gasteiger partial charge in [0, 0.05) is 0 Å². The number of nitrogens with one attached hydrogen (secondary N) is 1. The van der Waals surface area contributed by atoms with Crippen LogP contribution in [0, 0.1) is 5.41 Å². The summed E-state index contributed by atoms with van der Waals surface area (Å²) in [5.41, 5.74) is -0.956. The molecule has 0 aliphatic carbocycles. The lowest BCUT2D eigenvalue weighted by Crippen LogP contribution is -2.44. The lowest BCUT2D eigenvalue weighted by Gasteiger charge is -2.36. The van der Waals surface area contributed by atoms with Gasteiger partial charge in [-0.15, -0.1) is 0 Å². The molecule has 0 spiro atoms. The van der Waals surface area contributed by atoms with Gasteiger partial charge in [0.25, 0.3) is 0 Å². The van der Waals surface area contributed by atoms with E-state index in [0.717, 1.165) is 0 Å². The Labute approximate surface area is 135 Å². The van der Waals surface area contributed by atoms with Gasteiger partial charge in [-0.2, -0.15) is 8.78 Å². The molecule has 2 N–H and O–H groups in total. The van der Waals surface area contributed by atoms with Crippen LogP contribution < -0.4 is 10.1 Å². The molecule has 0 saturated carbocycles. The lowest BCUT2D eigenvalue weighted by atomic mass is 9.75. The summed E-state index contributed by atoms with van der Waals surface area (Å²) >= 11 is 0. The molecule has 0 aliphatic rings. The van der Waals surface area contributed by atoms with Crippen molar-refractivity contribution in [3.05, 3.63) is 29.8 Å². The van der Waals surface area contributed by atoms with Gasteiger partial charge in [0.15, 0.2) is 0 Å². The van der Waals surface area contributed by atoms with Crippen molar-refractivity contribution in [2.24, 2.45) is 5.41 Å². The van der Waals surface area contributed by atoms with Crippen molar-refractivity contribution in [1.29, 1.82) is 0 Å². The minimum Gasteiger partial charge on any atom is -0.435 e. The highest BCUT2D eigenvalue weighted by Crippen LogP contribution is 2.32. The molecule has 6 heteroatoms. The molecule has 1 unspecified atom stereocenters. The van der Waals surface area contributed by atoms with E-state index in [0.29, 0.717) is 5.56 Å². The molecule has 2 atom stereocenters. The van der Waals surface area contributed by atoms with Gasteiger partial charge in [-0.1, -0.05) is 32.9 Å². The summed E-state index contributed by atoms with van der Waals surface area (Å²) in [5.74, 6) is -0.266. The fraction of sp³-hybridized carbons (Fsp3) is 0.588. The van der Waals surface area contributed by atoms with Gasteiger partial charge in [0.1, 0.15) is 5.75 Å². The Kier molecular flexibility index (Phi) is 6.11. The second-order valence-corrected chi connectivity index (χ2v) is 6.94. The van der Waals surface area contributed by atoms with Crippen molar-refractivity contribution in [3.63, 3.8) is 0 Å². The fourth-order valence-electron chi connectivity index (χ4n) is 1.91. The third kappa shape index (κ3) is 5.78. The predicted molar refractivity (Wildman–Crippen MR) is 84.3 cm³/mol. The highest BCUT2D eigenvalue weighted by atomic mass is 19.3. The minimum atomic E-state index is -2.89. The molecule has 4 nitrogen and oxygen atoms in total. The second-order valence-electron chi connectivity index (χ2n) is 6.94. The molecule has 0 aliphatic heterocycles. The first-order valence-corrected chi connectivity index (χ1v) is 7.49. The quantitative estimate of drug-likeness (QED) is 0.837. The van der Waals surface area contributed by atoms with Crippen LogP contribution in [0.25, 0.3) is 0 Å².